The minimum atomic E-state index is -4.20. The number of sulfonamides is 1. The maximum Gasteiger partial charge on any atom is 0.264 e. The van der Waals surface area contributed by atoms with Crippen LogP contribution in [0.3, 0.4) is 0 Å². The van der Waals surface area contributed by atoms with E-state index in [-0.39, 0.29) is 29.1 Å². The van der Waals surface area contributed by atoms with E-state index in [1.54, 1.807) is 62.4 Å². The summed E-state index contributed by atoms with van der Waals surface area (Å²) in [5.41, 5.74) is 2.27. The number of hydrogen-bond acceptors (Lipinski definition) is 4. The van der Waals surface area contributed by atoms with Crippen LogP contribution in [-0.4, -0.2) is 43.8 Å². The van der Waals surface area contributed by atoms with Crippen LogP contribution in [0.4, 0.5) is 5.69 Å². The molecule has 0 aliphatic rings. The Bertz CT molecular complexity index is 1510. The van der Waals surface area contributed by atoms with Crippen LogP contribution in [0, 0.1) is 13.8 Å². The first-order valence-electron chi connectivity index (χ1n) is 13.1. The highest BCUT2D eigenvalue weighted by molar-refractivity contribution is 7.92. The molecule has 0 heterocycles. The van der Waals surface area contributed by atoms with Crippen molar-refractivity contribution < 1.29 is 18.0 Å². The second kappa shape index (κ2) is 13.9. The van der Waals surface area contributed by atoms with Crippen molar-refractivity contribution in [3.05, 3.63) is 92.4 Å². The largest absolute Gasteiger partial charge is 0.352 e. The van der Waals surface area contributed by atoms with Crippen molar-refractivity contribution in [1.82, 2.24) is 10.2 Å². The van der Waals surface area contributed by atoms with Gasteiger partial charge in [0.15, 0.2) is 0 Å². The quantitative estimate of drug-likeness (QED) is 0.251. The number of benzene rings is 3. The maximum absolute atomic E-state index is 14.1. The van der Waals surface area contributed by atoms with E-state index in [2.05, 4.69) is 5.32 Å². The third-order valence-electron chi connectivity index (χ3n) is 6.90. The molecule has 220 valence electrons. The van der Waals surface area contributed by atoms with Crippen molar-refractivity contribution in [2.45, 2.75) is 64.6 Å². The van der Waals surface area contributed by atoms with E-state index in [0.29, 0.717) is 32.6 Å². The zero-order chi connectivity index (χ0) is 30.5. The van der Waals surface area contributed by atoms with Gasteiger partial charge in [-0.3, -0.25) is 13.9 Å². The van der Waals surface area contributed by atoms with Gasteiger partial charge in [-0.15, -0.1) is 0 Å². The third-order valence-corrected chi connectivity index (χ3v) is 9.82. The summed E-state index contributed by atoms with van der Waals surface area (Å²) in [6.07, 6.45) is 0.704. The SMILES string of the molecule is CC[C@H](C)NC(=O)[C@H](C)N(Cc1ccc(Cl)c(Cl)c1)C(=O)CN(c1cccc(Cl)c1C)S(=O)(=O)c1ccc(C)cc1. The molecule has 0 spiro atoms. The van der Waals surface area contributed by atoms with E-state index in [1.807, 2.05) is 20.8 Å². The van der Waals surface area contributed by atoms with E-state index in [4.69, 9.17) is 34.8 Å². The van der Waals surface area contributed by atoms with Gasteiger partial charge < -0.3 is 10.2 Å². The number of anilines is 1. The molecular weight excluding hydrogens is 605 g/mol. The Balaban J connectivity index is 2.08. The average Bonchev–Trinajstić information content (AvgIpc) is 2.93. The normalized spacial score (nSPS) is 12.9. The van der Waals surface area contributed by atoms with Crippen LogP contribution in [0.25, 0.3) is 0 Å². The molecular formula is C30H34Cl3N3O4S. The first-order chi connectivity index (χ1) is 19.3. The molecule has 0 fully saturated rings. The highest BCUT2D eigenvalue weighted by Crippen LogP contribution is 2.31. The summed E-state index contributed by atoms with van der Waals surface area (Å²) in [6.45, 7) is 8.39. The number of carbonyl (C=O) groups excluding carboxylic acids is 2. The Kier molecular flexibility index (Phi) is 11.1. The second-order valence-electron chi connectivity index (χ2n) is 9.97. The molecule has 0 aliphatic heterocycles. The van der Waals surface area contributed by atoms with Gasteiger partial charge >= 0.3 is 0 Å². The minimum Gasteiger partial charge on any atom is -0.352 e. The molecule has 7 nitrogen and oxygen atoms in total. The second-order valence-corrected chi connectivity index (χ2v) is 13.1. The number of amides is 2. The zero-order valence-electron chi connectivity index (χ0n) is 23.6. The summed E-state index contributed by atoms with van der Waals surface area (Å²) in [5.74, 6) is -0.947. The van der Waals surface area contributed by atoms with Gasteiger partial charge in [-0.05, 0) is 81.6 Å². The van der Waals surface area contributed by atoms with E-state index >= 15 is 0 Å². The fraction of sp³-hybridized carbons (Fsp3) is 0.333. The van der Waals surface area contributed by atoms with Gasteiger partial charge in [-0.25, -0.2) is 8.42 Å². The van der Waals surface area contributed by atoms with Crippen LogP contribution in [0.1, 0.15) is 43.9 Å². The Morgan fingerprint density at radius 3 is 2.17 bits per heavy atom. The Morgan fingerprint density at radius 2 is 1.56 bits per heavy atom. The molecule has 0 unspecified atom stereocenters. The zero-order valence-corrected chi connectivity index (χ0v) is 26.7. The van der Waals surface area contributed by atoms with Crippen molar-refractivity contribution in [3.8, 4) is 0 Å². The number of nitrogens with zero attached hydrogens (tertiary/aromatic N) is 2. The molecule has 3 aromatic rings. The van der Waals surface area contributed by atoms with Crippen LogP contribution in [0.15, 0.2) is 65.6 Å². The number of rotatable bonds is 11. The molecule has 2 atom stereocenters. The molecule has 41 heavy (non-hydrogen) atoms. The van der Waals surface area contributed by atoms with E-state index < -0.39 is 28.5 Å². The molecule has 11 heteroatoms. The van der Waals surface area contributed by atoms with Crippen molar-refractivity contribution >= 4 is 62.3 Å². The smallest absolute Gasteiger partial charge is 0.264 e. The summed E-state index contributed by atoms with van der Waals surface area (Å²) in [5, 5.41) is 3.91. The monoisotopic (exact) mass is 637 g/mol. The summed E-state index contributed by atoms with van der Waals surface area (Å²) in [6, 6.07) is 15.1. The Morgan fingerprint density at radius 1 is 0.902 bits per heavy atom. The first-order valence-corrected chi connectivity index (χ1v) is 15.7. The minimum absolute atomic E-state index is 0.00222. The molecule has 3 aromatic carbocycles. The van der Waals surface area contributed by atoms with E-state index in [1.165, 1.54) is 17.0 Å². The highest BCUT2D eigenvalue weighted by atomic mass is 35.5. The Hall–Kier alpha value is -2.78. The number of aryl methyl sites for hydroxylation is 1. The van der Waals surface area contributed by atoms with Gasteiger partial charge in [-0.1, -0.05) is 71.6 Å². The number of hydrogen-bond donors (Lipinski definition) is 1. The molecule has 0 aliphatic carbocycles. The van der Waals surface area contributed by atoms with Gasteiger partial charge in [-0.2, -0.15) is 0 Å². The molecule has 3 rings (SSSR count). The molecule has 0 bridgehead atoms. The van der Waals surface area contributed by atoms with Crippen molar-refractivity contribution in [2.24, 2.45) is 0 Å². The maximum atomic E-state index is 14.1. The lowest BCUT2D eigenvalue weighted by Crippen LogP contribution is -2.52. The van der Waals surface area contributed by atoms with E-state index in [0.717, 1.165) is 9.87 Å². The van der Waals surface area contributed by atoms with Gasteiger partial charge in [0.2, 0.25) is 11.8 Å². The summed E-state index contributed by atoms with van der Waals surface area (Å²) in [4.78, 5) is 28.6. The predicted octanol–water partition coefficient (Wildman–Crippen LogP) is 6.79. The summed E-state index contributed by atoms with van der Waals surface area (Å²) >= 11 is 18.7. The van der Waals surface area contributed by atoms with Crippen LogP contribution >= 0.6 is 34.8 Å². The average molecular weight is 639 g/mol. The van der Waals surface area contributed by atoms with Crippen molar-refractivity contribution in [3.63, 3.8) is 0 Å². The standard InChI is InChI=1S/C30H34Cl3N3O4S/c1-6-20(3)34-30(38)22(5)35(17-23-12-15-26(32)27(33)16-23)29(37)18-36(28-9-7-8-25(31)21(28)4)41(39,40)24-13-10-19(2)11-14-24/h7-16,20,22H,6,17-18H2,1-5H3,(H,34,38)/t20-,22-/m0/s1. The van der Waals surface area contributed by atoms with Gasteiger partial charge in [0.25, 0.3) is 10.0 Å². The Labute approximate surface area is 257 Å². The van der Waals surface area contributed by atoms with Crippen LogP contribution in [-0.2, 0) is 26.2 Å². The van der Waals surface area contributed by atoms with Crippen LogP contribution in [0.2, 0.25) is 15.1 Å². The van der Waals surface area contributed by atoms with Gasteiger partial charge in [0.05, 0.1) is 20.6 Å². The highest BCUT2D eigenvalue weighted by Gasteiger charge is 2.33. The van der Waals surface area contributed by atoms with Crippen LogP contribution in [0.5, 0.6) is 0 Å². The molecule has 0 saturated heterocycles. The van der Waals surface area contributed by atoms with Crippen molar-refractivity contribution in [1.29, 1.82) is 0 Å². The predicted molar refractivity (Wildman–Crippen MR) is 166 cm³/mol. The molecule has 0 saturated carbocycles. The van der Waals surface area contributed by atoms with Gasteiger partial charge in [0, 0.05) is 17.6 Å². The van der Waals surface area contributed by atoms with Crippen molar-refractivity contribution in [2.75, 3.05) is 10.8 Å². The summed E-state index contributed by atoms with van der Waals surface area (Å²) < 4.78 is 29.0. The third kappa shape index (κ3) is 7.95. The first kappa shape index (κ1) is 32.7. The summed E-state index contributed by atoms with van der Waals surface area (Å²) in [7, 11) is -4.20. The topological polar surface area (TPSA) is 86.8 Å². The fourth-order valence-electron chi connectivity index (χ4n) is 4.10. The van der Waals surface area contributed by atoms with E-state index in [9.17, 15) is 18.0 Å². The lowest BCUT2D eigenvalue weighted by Gasteiger charge is -2.33. The molecule has 0 aromatic heterocycles. The van der Waals surface area contributed by atoms with Gasteiger partial charge in [0.1, 0.15) is 12.6 Å². The number of carbonyl (C=O) groups is 2. The lowest BCUT2D eigenvalue weighted by atomic mass is 10.1. The molecule has 2 amide bonds. The molecule has 0 radical (unpaired) electrons. The number of nitrogens with one attached hydrogen (secondary N) is 1. The van der Waals surface area contributed by atoms with Crippen LogP contribution < -0.4 is 9.62 Å². The number of halogens is 3. The lowest BCUT2D eigenvalue weighted by molar-refractivity contribution is -0.139. The fourth-order valence-corrected chi connectivity index (χ4v) is 6.06. The molecule has 1 N–H and O–H groups in total.